The predicted molar refractivity (Wildman–Crippen MR) is 86.4 cm³/mol. The molecule has 3 aromatic rings. The Kier molecular flexibility index (Phi) is 4.05. The van der Waals surface area contributed by atoms with Crippen molar-refractivity contribution in [1.29, 1.82) is 0 Å². The Labute approximate surface area is 132 Å². The molecule has 0 bridgehead atoms. The number of aromatic nitrogens is 2. The number of imidazole rings is 1. The van der Waals surface area contributed by atoms with Crippen LogP contribution in [0.1, 0.15) is 27.6 Å². The molecular weight excluding hydrogens is 294 g/mol. The lowest BCUT2D eigenvalue weighted by Crippen LogP contribution is -2.12. The first-order valence-electron chi connectivity index (χ1n) is 7.19. The van der Waals surface area contributed by atoms with Crippen molar-refractivity contribution in [3.05, 3.63) is 59.9 Å². The lowest BCUT2D eigenvalue weighted by Gasteiger charge is -2.06. The SMILES string of the molecule is CCOC(=O)c1ccc(NC(=O)c2ccc3nc[nH]c3c2)cc1. The number of esters is 1. The summed E-state index contributed by atoms with van der Waals surface area (Å²) in [5.41, 5.74) is 3.18. The largest absolute Gasteiger partial charge is 0.462 e. The van der Waals surface area contributed by atoms with Crippen molar-refractivity contribution in [2.45, 2.75) is 6.92 Å². The van der Waals surface area contributed by atoms with Gasteiger partial charge in [-0.1, -0.05) is 0 Å². The average Bonchev–Trinajstić information content (AvgIpc) is 3.03. The highest BCUT2D eigenvalue weighted by atomic mass is 16.5. The van der Waals surface area contributed by atoms with Crippen molar-refractivity contribution in [3.63, 3.8) is 0 Å². The van der Waals surface area contributed by atoms with Gasteiger partial charge in [0.05, 0.1) is 29.5 Å². The summed E-state index contributed by atoms with van der Waals surface area (Å²) in [5, 5.41) is 2.79. The third-order valence-corrected chi connectivity index (χ3v) is 3.34. The Hall–Kier alpha value is -3.15. The maximum absolute atomic E-state index is 12.3. The van der Waals surface area contributed by atoms with E-state index in [0.29, 0.717) is 23.4 Å². The number of anilines is 1. The Morgan fingerprint density at radius 1 is 1.13 bits per heavy atom. The van der Waals surface area contributed by atoms with E-state index >= 15 is 0 Å². The van der Waals surface area contributed by atoms with E-state index in [1.807, 2.05) is 0 Å². The molecule has 0 aliphatic rings. The summed E-state index contributed by atoms with van der Waals surface area (Å²) in [6.07, 6.45) is 1.58. The highest BCUT2D eigenvalue weighted by Gasteiger charge is 2.09. The van der Waals surface area contributed by atoms with Crippen LogP contribution in [0.3, 0.4) is 0 Å². The molecule has 0 fully saturated rings. The second-order valence-electron chi connectivity index (χ2n) is 4.89. The smallest absolute Gasteiger partial charge is 0.338 e. The van der Waals surface area contributed by atoms with Gasteiger partial charge in [-0.3, -0.25) is 4.79 Å². The van der Waals surface area contributed by atoms with Crippen LogP contribution in [0.15, 0.2) is 48.8 Å². The molecule has 116 valence electrons. The summed E-state index contributed by atoms with van der Waals surface area (Å²) < 4.78 is 4.92. The van der Waals surface area contributed by atoms with E-state index in [2.05, 4.69) is 15.3 Å². The molecule has 0 radical (unpaired) electrons. The van der Waals surface area contributed by atoms with Crippen molar-refractivity contribution in [1.82, 2.24) is 9.97 Å². The van der Waals surface area contributed by atoms with Gasteiger partial charge in [-0.25, -0.2) is 9.78 Å². The summed E-state index contributed by atoms with van der Waals surface area (Å²) in [4.78, 5) is 30.9. The maximum atomic E-state index is 12.3. The first kappa shape index (κ1) is 14.8. The van der Waals surface area contributed by atoms with E-state index < -0.39 is 0 Å². The molecule has 0 saturated heterocycles. The lowest BCUT2D eigenvalue weighted by molar-refractivity contribution is 0.0526. The van der Waals surface area contributed by atoms with Crippen LogP contribution in [0.4, 0.5) is 5.69 Å². The molecule has 0 spiro atoms. The van der Waals surface area contributed by atoms with Crippen LogP contribution < -0.4 is 5.32 Å². The Morgan fingerprint density at radius 2 is 1.87 bits per heavy atom. The van der Waals surface area contributed by atoms with Gasteiger partial charge in [0.15, 0.2) is 0 Å². The molecule has 3 rings (SSSR count). The van der Waals surface area contributed by atoms with Crippen LogP contribution in [0.25, 0.3) is 11.0 Å². The third-order valence-electron chi connectivity index (χ3n) is 3.34. The van der Waals surface area contributed by atoms with Gasteiger partial charge in [0.25, 0.3) is 5.91 Å². The molecule has 1 aromatic heterocycles. The molecule has 6 heteroatoms. The fourth-order valence-corrected chi connectivity index (χ4v) is 2.18. The van der Waals surface area contributed by atoms with E-state index in [9.17, 15) is 9.59 Å². The van der Waals surface area contributed by atoms with Crippen molar-refractivity contribution < 1.29 is 14.3 Å². The third kappa shape index (κ3) is 3.21. The number of fused-ring (bicyclic) bond motifs is 1. The van der Waals surface area contributed by atoms with Gasteiger partial charge in [0.1, 0.15) is 0 Å². The summed E-state index contributed by atoms with van der Waals surface area (Å²) in [7, 11) is 0. The van der Waals surface area contributed by atoms with E-state index in [4.69, 9.17) is 4.74 Å². The van der Waals surface area contributed by atoms with Crippen LogP contribution in [0, 0.1) is 0 Å². The fourth-order valence-electron chi connectivity index (χ4n) is 2.18. The number of H-pyrrole nitrogens is 1. The average molecular weight is 309 g/mol. The number of ether oxygens (including phenoxy) is 1. The summed E-state index contributed by atoms with van der Waals surface area (Å²) in [6, 6.07) is 11.8. The quantitative estimate of drug-likeness (QED) is 0.726. The van der Waals surface area contributed by atoms with Crippen LogP contribution in [0.5, 0.6) is 0 Å². The minimum Gasteiger partial charge on any atom is -0.462 e. The molecule has 0 saturated carbocycles. The van der Waals surface area contributed by atoms with Crippen molar-refractivity contribution in [2.24, 2.45) is 0 Å². The minimum atomic E-state index is -0.380. The number of nitrogens with zero attached hydrogens (tertiary/aromatic N) is 1. The number of hydrogen-bond donors (Lipinski definition) is 2. The standard InChI is InChI=1S/C17H15N3O3/c1-2-23-17(22)11-3-6-13(7-4-11)20-16(21)12-5-8-14-15(9-12)19-10-18-14/h3-10H,2H2,1H3,(H,18,19)(H,20,21). The first-order valence-corrected chi connectivity index (χ1v) is 7.19. The predicted octanol–water partition coefficient (Wildman–Crippen LogP) is 2.99. The number of benzene rings is 2. The van der Waals surface area contributed by atoms with E-state index in [0.717, 1.165) is 11.0 Å². The molecule has 23 heavy (non-hydrogen) atoms. The van der Waals surface area contributed by atoms with Gasteiger partial charge in [-0.15, -0.1) is 0 Å². The van der Waals surface area contributed by atoms with Crippen LogP contribution in [-0.2, 0) is 4.74 Å². The molecule has 0 atom stereocenters. The molecule has 1 amide bonds. The van der Waals surface area contributed by atoms with E-state index in [-0.39, 0.29) is 11.9 Å². The number of carbonyl (C=O) groups is 2. The van der Waals surface area contributed by atoms with Crippen LogP contribution in [-0.4, -0.2) is 28.5 Å². The lowest BCUT2D eigenvalue weighted by atomic mass is 10.1. The van der Waals surface area contributed by atoms with Crippen LogP contribution >= 0.6 is 0 Å². The minimum absolute atomic E-state index is 0.231. The van der Waals surface area contributed by atoms with Gasteiger partial charge in [-0.2, -0.15) is 0 Å². The number of hydrogen-bond acceptors (Lipinski definition) is 4. The number of amides is 1. The fraction of sp³-hybridized carbons (Fsp3) is 0.118. The van der Waals surface area contributed by atoms with Crippen LogP contribution in [0.2, 0.25) is 0 Å². The zero-order valence-corrected chi connectivity index (χ0v) is 12.5. The topological polar surface area (TPSA) is 84.1 Å². The van der Waals surface area contributed by atoms with Gasteiger partial charge in [0, 0.05) is 11.3 Å². The molecule has 0 aliphatic carbocycles. The molecule has 6 nitrogen and oxygen atoms in total. The number of aromatic amines is 1. The summed E-state index contributed by atoms with van der Waals surface area (Å²) in [6.45, 7) is 2.08. The molecule has 2 N–H and O–H groups in total. The normalized spacial score (nSPS) is 10.5. The second kappa shape index (κ2) is 6.31. The van der Waals surface area contributed by atoms with Gasteiger partial charge in [-0.05, 0) is 49.4 Å². The van der Waals surface area contributed by atoms with Gasteiger partial charge >= 0.3 is 5.97 Å². The monoisotopic (exact) mass is 309 g/mol. The van der Waals surface area contributed by atoms with E-state index in [1.54, 1.807) is 55.7 Å². The molecule has 0 unspecified atom stereocenters. The van der Waals surface area contributed by atoms with Gasteiger partial charge in [0.2, 0.25) is 0 Å². The summed E-state index contributed by atoms with van der Waals surface area (Å²) >= 11 is 0. The number of carbonyl (C=O) groups excluding carboxylic acids is 2. The number of nitrogens with one attached hydrogen (secondary N) is 2. The van der Waals surface area contributed by atoms with E-state index in [1.165, 1.54) is 0 Å². The molecule has 1 heterocycles. The highest BCUT2D eigenvalue weighted by Crippen LogP contribution is 2.15. The first-order chi connectivity index (χ1) is 11.2. The Bertz CT molecular complexity index is 853. The zero-order valence-electron chi connectivity index (χ0n) is 12.5. The van der Waals surface area contributed by atoms with Crippen molar-refractivity contribution in [2.75, 3.05) is 11.9 Å². The molecule has 0 aliphatic heterocycles. The molecular formula is C17H15N3O3. The second-order valence-corrected chi connectivity index (χ2v) is 4.89. The molecule has 2 aromatic carbocycles. The highest BCUT2D eigenvalue weighted by molar-refractivity contribution is 6.06. The van der Waals surface area contributed by atoms with Crippen molar-refractivity contribution in [3.8, 4) is 0 Å². The Balaban J connectivity index is 1.73. The zero-order chi connectivity index (χ0) is 16.2. The Morgan fingerprint density at radius 3 is 2.61 bits per heavy atom. The summed E-state index contributed by atoms with van der Waals surface area (Å²) in [5.74, 6) is -0.611. The van der Waals surface area contributed by atoms with Crippen molar-refractivity contribution >= 4 is 28.6 Å². The van der Waals surface area contributed by atoms with Gasteiger partial charge < -0.3 is 15.0 Å². The number of rotatable bonds is 4. The maximum Gasteiger partial charge on any atom is 0.338 e.